The van der Waals surface area contributed by atoms with Gasteiger partial charge in [0.1, 0.15) is 0 Å². The molecule has 0 radical (unpaired) electrons. The van der Waals surface area contributed by atoms with E-state index >= 15 is 0 Å². The maximum Gasteiger partial charge on any atom is 0.223 e. The first-order valence-electron chi connectivity index (χ1n) is 4.28. The first-order chi connectivity index (χ1) is 6.24. The number of hydrogen-bond donors (Lipinski definition) is 4. The van der Waals surface area contributed by atoms with Gasteiger partial charge in [0.2, 0.25) is 11.9 Å². The van der Waals surface area contributed by atoms with E-state index in [1.165, 1.54) is 0 Å². The Labute approximate surface area is 76.7 Å². The van der Waals surface area contributed by atoms with Crippen LogP contribution in [-0.2, 0) is 4.79 Å². The Kier molecular flexibility index (Phi) is 3.51. The Bertz CT molecular complexity index is 211. The van der Waals surface area contributed by atoms with Crippen molar-refractivity contribution in [3.8, 4) is 0 Å². The summed E-state index contributed by atoms with van der Waals surface area (Å²) in [6.07, 6.45) is 2.03. The number of nitrogens with zero attached hydrogens (tertiary/aromatic N) is 1. The Balaban J connectivity index is 2.03. The summed E-state index contributed by atoms with van der Waals surface area (Å²) in [5.74, 6) is 5.52. The van der Waals surface area contributed by atoms with E-state index in [0.29, 0.717) is 13.1 Å². The Hall–Kier alpha value is -1.30. The number of nitrogens with one attached hydrogen (secondary N) is 2. The number of amides is 1. The lowest BCUT2D eigenvalue weighted by atomic mass is 10.4. The molecule has 1 aliphatic rings. The minimum absolute atomic E-state index is 0.120. The lowest BCUT2D eigenvalue weighted by molar-refractivity contribution is -0.122. The van der Waals surface area contributed by atoms with E-state index in [-0.39, 0.29) is 17.8 Å². The summed E-state index contributed by atoms with van der Waals surface area (Å²) in [5, 5.41) is 2.75. The minimum atomic E-state index is 0.120. The smallest absolute Gasteiger partial charge is 0.223 e. The molecule has 0 aromatic heterocycles. The molecule has 0 aliphatic heterocycles. The predicted octanol–water partition coefficient (Wildman–Crippen LogP) is -1.71. The van der Waals surface area contributed by atoms with E-state index in [1.807, 2.05) is 0 Å². The minimum Gasteiger partial charge on any atom is -0.369 e. The third kappa shape index (κ3) is 3.75. The van der Waals surface area contributed by atoms with E-state index in [2.05, 4.69) is 15.7 Å². The number of aliphatic imine (C=N–C) groups is 1. The van der Waals surface area contributed by atoms with Gasteiger partial charge in [0, 0.05) is 12.5 Å². The Morgan fingerprint density at radius 2 is 2.23 bits per heavy atom. The van der Waals surface area contributed by atoms with Gasteiger partial charge in [0.15, 0.2) is 0 Å². The molecule has 6 nitrogen and oxygen atoms in total. The van der Waals surface area contributed by atoms with Crippen LogP contribution < -0.4 is 22.3 Å². The lowest BCUT2D eigenvalue weighted by Crippen LogP contribution is -2.38. The zero-order chi connectivity index (χ0) is 9.68. The Morgan fingerprint density at radius 3 is 2.77 bits per heavy atom. The van der Waals surface area contributed by atoms with Crippen LogP contribution in [0.25, 0.3) is 0 Å². The fraction of sp³-hybridized carbons (Fsp3) is 0.714. The monoisotopic (exact) mass is 185 g/mol. The number of hydrazine groups is 1. The predicted molar refractivity (Wildman–Crippen MR) is 49.5 cm³/mol. The molecule has 0 spiro atoms. The average molecular weight is 185 g/mol. The van der Waals surface area contributed by atoms with Crippen molar-refractivity contribution < 1.29 is 4.79 Å². The molecule has 0 unspecified atom stereocenters. The number of rotatable bonds is 4. The van der Waals surface area contributed by atoms with Gasteiger partial charge in [-0.05, 0) is 12.8 Å². The van der Waals surface area contributed by atoms with Gasteiger partial charge in [-0.3, -0.25) is 15.2 Å². The van der Waals surface area contributed by atoms with Gasteiger partial charge in [-0.1, -0.05) is 0 Å². The van der Waals surface area contributed by atoms with E-state index in [9.17, 15) is 4.79 Å². The van der Waals surface area contributed by atoms with Crippen molar-refractivity contribution in [2.45, 2.75) is 12.8 Å². The number of nitrogens with two attached hydrogens (primary N) is 2. The summed E-state index contributed by atoms with van der Waals surface area (Å²) < 4.78 is 0. The molecule has 1 amide bonds. The zero-order valence-corrected chi connectivity index (χ0v) is 7.42. The zero-order valence-electron chi connectivity index (χ0n) is 7.42. The summed E-state index contributed by atoms with van der Waals surface area (Å²) in [7, 11) is 0. The van der Waals surface area contributed by atoms with Crippen molar-refractivity contribution >= 4 is 11.9 Å². The van der Waals surface area contributed by atoms with Crippen molar-refractivity contribution in [3.05, 3.63) is 0 Å². The molecule has 0 atom stereocenters. The highest BCUT2D eigenvalue weighted by molar-refractivity contribution is 5.81. The number of carbonyl (C=O) groups excluding carboxylic acids is 1. The molecule has 1 aliphatic carbocycles. The lowest BCUT2D eigenvalue weighted by Gasteiger charge is -2.01. The second-order valence-electron chi connectivity index (χ2n) is 2.98. The molecule has 6 heteroatoms. The number of guanidine groups is 1. The molecule has 1 rings (SSSR count). The normalized spacial score (nSPS) is 16.8. The molecule has 74 valence electrons. The van der Waals surface area contributed by atoms with Crippen molar-refractivity contribution in [1.82, 2.24) is 10.7 Å². The second kappa shape index (κ2) is 4.66. The quantitative estimate of drug-likeness (QED) is 0.138. The molecule has 1 saturated carbocycles. The first kappa shape index (κ1) is 9.79. The molecule has 0 heterocycles. The van der Waals surface area contributed by atoms with Gasteiger partial charge in [0.25, 0.3) is 0 Å². The van der Waals surface area contributed by atoms with Gasteiger partial charge in [-0.15, -0.1) is 0 Å². The van der Waals surface area contributed by atoms with Crippen LogP contribution in [0.4, 0.5) is 0 Å². The number of carbonyl (C=O) groups is 1. The molecule has 0 bridgehead atoms. The number of hydrogen-bond acceptors (Lipinski definition) is 3. The van der Waals surface area contributed by atoms with Crippen LogP contribution >= 0.6 is 0 Å². The standard InChI is InChI=1S/C7H15N5O/c8-7(12-9)11-4-3-10-6(13)5-1-2-5/h5H,1-4,9H2,(H,10,13)(H3,8,11,12). The SMILES string of the molecule is NNC(N)=NCCNC(=O)C1CC1. The van der Waals surface area contributed by atoms with Gasteiger partial charge in [0.05, 0.1) is 6.54 Å². The van der Waals surface area contributed by atoms with E-state index in [4.69, 9.17) is 11.6 Å². The summed E-state index contributed by atoms with van der Waals surface area (Å²) in [6.45, 7) is 0.964. The molecule has 0 aromatic carbocycles. The fourth-order valence-electron chi connectivity index (χ4n) is 0.891. The van der Waals surface area contributed by atoms with E-state index < -0.39 is 0 Å². The summed E-state index contributed by atoms with van der Waals surface area (Å²) in [5.41, 5.74) is 7.47. The summed E-state index contributed by atoms with van der Waals surface area (Å²) in [4.78, 5) is 14.9. The van der Waals surface area contributed by atoms with Crippen molar-refractivity contribution in [2.75, 3.05) is 13.1 Å². The molecule has 0 saturated heterocycles. The summed E-state index contributed by atoms with van der Waals surface area (Å²) in [6, 6.07) is 0. The molecule has 0 aromatic rings. The van der Waals surface area contributed by atoms with Crippen LogP contribution in [-0.4, -0.2) is 25.0 Å². The van der Waals surface area contributed by atoms with Crippen LogP contribution in [0.1, 0.15) is 12.8 Å². The third-order valence-electron chi connectivity index (χ3n) is 1.79. The molecule has 6 N–H and O–H groups in total. The van der Waals surface area contributed by atoms with Crippen LogP contribution in [0, 0.1) is 5.92 Å². The van der Waals surface area contributed by atoms with Gasteiger partial charge < -0.3 is 11.1 Å². The first-order valence-corrected chi connectivity index (χ1v) is 4.28. The Morgan fingerprint density at radius 1 is 1.54 bits per heavy atom. The molecular formula is C7H15N5O. The van der Waals surface area contributed by atoms with Crippen LogP contribution in [0.5, 0.6) is 0 Å². The largest absolute Gasteiger partial charge is 0.369 e. The fourth-order valence-corrected chi connectivity index (χ4v) is 0.891. The van der Waals surface area contributed by atoms with Gasteiger partial charge in [-0.2, -0.15) is 0 Å². The highest BCUT2D eigenvalue weighted by atomic mass is 16.2. The van der Waals surface area contributed by atoms with Crippen LogP contribution in [0.3, 0.4) is 0 Å². The highest BCUT2D eigenvalue weighted by Crippen LogP contribution is 2.28. The maximum absolute atomic E-state index is 11.1. The van der Waals surface area contributed by atoms with Crippen LogP contribution in [0.2, 0.25) is 0 Å². The van der Waals surface area contributed by atoms with Crippen molar-refractivity contribution in [1.29, 1.82) is 0 Å². The van der Waals surface area contributed by atoms with Gasteiger partial charge in [-0.25, -0.2) is 5.84 Å². The summed E-state index contributed by atoms with van der Waals surface area (Å²) >= 11 is 0. The second-order valence-corrected chi connectivity index (χ2v) is 2.98. The topological polar surface area (TPSA) is 106 Å². The van der Waals surface area contributed by atoms with Crippen LogP contribution in [0.15, 0.2) is 4.99 Å². The highest BCUT2D eigenvalue weighted by Gasteiger charge is 2.28. The average Bonchev–Trinajstić information content (AvgIpc) is 2.94. The van der Waals surface area contributed by atoms with E-state index in [0.717, 1.165) is 12.8 Å². The van der Waals surface area contributed by atoms with Gasteiger partial charge >= 0.3 is 0 Å². The van der Waals surface area contributed by atoms with E-state index in [1.54, 1.807) is 0 Å². The molecular weight excluding hydrogens is 170 g/mol. The molecule has 13 heavy (non-hydrogen) atoms. The van der Waals surface area contributed by atoms with Crippen molar-refractivity contribution in [3.63, 3.8) is 0 Å². The van der Waals surface area contributed by atoms with Crippen molar-refractivity contribution in [2.24, 2.45) is 22.5 Å². The third-order valence-corrected chi connectivity index (χ3v) is 1.79. The molecule has 1 fully saturated rings. The maximum atomic E-state index is 11.1.